The van der Waals surface area contributed by atoms with Gasteiger partial charge in [0.1, 0.15) is 23.3 Å². The van der Waals surface area contributed by atoms with E-state index in [1.54, 1.807) is 56.4 Å². The number of H-pyrrole nitrogens is 1. The minimum Gasteiger partial charge on any atom is -0.507 e. The molecular weight excluding hydrogens is 846 g/mol. The Balaban J connectivity index is 1.28. The van der Waals surface area contributed by atoms with E-state index in [0.29, 0.717) is 53.9 Å². The van der Waals surface area contributed by atoms with Crippen LogP contribution in [0.3, 0.4) is 0 Å². The van der Waals surface area contributed by atoms with Gasteiger partial charge in [0, 0.05) is 84.1 Å². The van der Waals surface area contributed by atoms with E-state index in [1.807, 2.05) is 24.3 Å². The van der Waals surface area contributed by atoms with Crippen molar-refractivity contribution in [2.45, 2.75) is 83.7 Å². The summed E-state index contributed by atoms with van der Waals surface area (Å²) in [5, 5.41) is 25.8. The fourth-order valence-corrected chi connectivity index (χ4v) is 8.50. The molecule has 340 valence electrons. The molecule has 0 spiro atoms. The van der Waals surface area contributed by atoms with Crippen LogP contribution in [0.5, 0.6) is 11.5 Å². The minimum absolute atomic E-state index is 0.00461. The molecule has 0 aliphatic carbocycles. The molecule has 0 saturated carbocycles. The Bertz CT molecular complexity index is 2510. The first-order valence-corrected chi connectivity index (χ1v) is 22.4. The van der Waals surface area contributed by atoms with E-state index in [-0.39, 0.29) is 72.1 Å². The number of nitrogens with two attached hydrogens (primary N) is 1. The van der Waals surface area contributed by atoms with Crippen molar-refractivity contribution < 1.29 is 39.0 Å². The van der Waals surface area contributed by atoms with Gasteiger partial charge in [0.2, 0.25) is 11.8 Å². The summed E-state index contributed by atoms with van der Waals surface area (Å²) in [6.07, 6.45) is 4.66. The van der Waals surface area contributed by atoms with Crippen molar-refractivity contribution in [1.82, 2.24) is 20.2 Å². The van der Waals surface area contributed by atoms with Crippen LogP contribution in [-0.2, 0) is 36.8 Å². The summed E-state index contributed by atoms with van der Waals surface area (Å²) in [5.74, 6) is -5.15. The van der Waals surface area contributed by atoms with Crippen LogP contribution in [0.4, 0.5) is 0 Å². The molecule has 5 atom stereocenters. The van der Waals surface area contributed by atoms with Gasteiger partial charge in [-0.05, 0) is 90.9 Å². The number of fused-ring (bicyclic) bond motifs is 5. The Hall–Kier alpha value is -6.44. The third kappa shape index (κ3) is 12.2. The third-order valence-electron chi connectivity index (χ3n) is 12.3. The standard InChI is InChI=1S/C51H56ClN5O8/c1-30(43(58)20-17-39-28-54-29-55-39)22-47(62)42-25-32-7-18-44(59)40(24-32)41-26-36(14-19-45(41)60)49(48(63)23-31(2)50(64)56-42)57(3)51(65)37(6-4-5-21-53)27-46(61)35-10-8-33(9-11-35)34-12-15-38(52)16-13-34/h7-16,18-19,24,26,28-31,37,42,49,59-60H,4-6,17,20-23,25,27,53H2,1-3H3,(H,54,55)(H,56,64)/t30-,31-,37-,42+,49+/m1/s1. The predicted octanol–water partition coefficient (Wildman–Crippen LogP) is 7.76. The van der Waals surface area contributed by atoms with Gasteiger partial charge in [-0.2, -0.15) is 0 Å². The maximum atomic E-state index is 14.7. The number of hydrogen-bond donors (Lipinski definition) is 5. The number of carbonyl (C=O) groups excluding carboxylic acids is 6. The molecule has 0 saturated heterocycles. The topological polar surface area (TPSA) is 213 Å². The van der Waals surface area contributed by atoms with Crippen LogP contribution in [0.1, 0.15) is 92.0 Å². The lowest BCUT2D eigenvalue weighted by atomic mass is 9.87. The second-order valence-corrected chi connectivity index (χ2v) is 17.6. The minimum atomic E-state index is -1.28. The van der Waals surface area contributed by atoms with E-state index in [9.17, 15) is 39.0 Å². The Morgan fingerprint density at radius 1 is 0.877 bits per heavy atom. The van der Waals surface area contributed by atoms with E-state index >= 15 is 0 Å². The Morgan fingerprint density at radius 3 is 2.20 bits per heavy atom. The van der Waals surface area contributed by atoms with Gasteiger partial charge in [0.05, 0.1) is 12.4 Å². The Morgan fingerprint density at radius 2 is 1.54 bits per heavy atom. The highest BCUT2D eigenvalue weighted by Gasteiger charge is 2.36. The number of benzene rings is 4. The average molecular weight is 902 g/mol. The van der Waals surface area contributed by atoms with Crippen LogP contribution in [0, 0.1) is 17.8 Å². The maximum absolute atomic E-state index is 14.7. The number of nitrogens with zero attached hydrogens (tertiary/aromatic N) is 2. The molecule has 65 heavy (non-hydrogen) atoms. The van der Waals surface area contributed by atoms with Crippen LogP contribution in [0.15, 0.2) is 97.5 Å². The normalized spacial score (nSPS) is 17.3. The van der Waals surface area contributed by atoms with Gasteiger partial charge < -0.3 is 31.1 Å². The second kappa shape index (κ2) is 22.0. The number of halogens is 1. The van der Waals surface area contributed by atoms with Crippen LogP contribution >= 0.6 is 11.6 Å². The summed E-state index contributed by atoms with van der Waals surface area (Å²) in [6.45, 7) is 3.62. The molecule has 2 heterocycles. The van der Waals surface area contributed by atoms with Crippen molar-refractivity contribution >= 4 is 46.5 Å². The zero-order chi connectivity index (χ0) is 46.8. The summed E-state index contributed by atoms with van der Waals surface area (Å²) in [6, 6.07) is 21.1. The zero-order valence-electron chi connectivity index (χ0n) is 36.9. The number of Topliss-reactive ketones (excluding diaryl/α,β-unsaturated/α-hetero) is 4. The number of likely N-dealkylation sites (N-methyl/N-ethyl adjacent to an activating group) is 1. The number of nitrogens with one attached hydrogen (secondary N) is 2. The number of aromatic nitrogens is 2. The summed E-state index contributed by atoms with van der Waals surface area (Å²) >= 11 is 6.07. The van der Waals surface area contributed by atoms with E-state index in [4.69, 9.17) is 17.3 Å². The van der Waals surface area contributed by atoms with Gasteiger partial charge in [-0.1, -0.05) is 80.4 Å². The Kier molecular flexibility index (Phi) is 16.2. The highest BCUT2D eigenvalue weighted by atomic mass is 35.5. The van der Waals surface area contributed by atoms with Crippen molar-refractivity contribution in [3.63, 3.8) is 0 Å². The third-order valence-corrected chi connectivity index (χ3v) is 12.5. The molecule has 6 N–H and O–H groups in total. The first-order chi connectivity index (χ1) is 31.1. The lowest BCUT2D eigenvalue weighted by molar-refractivity contribution is -0.142. The number of unbranched alkanes of at least 4 members (excludes halogenated alkanes) is 1. The fourth-order valence-electron chi connectivity index (χ4n) is 8.37. The number of rotatable bonds is 17. The van der Waals surface area contributed by atoms with Crippen LogP contribution < -0.4 is 11.1 Å². The number of amides is 2. The van der Waals surface area contributed by atoms with Crippen molar-refractivity contribution in [3.8, 4) is 33.8 Å². The first kappa shape index (κ1) is 48.0. The van der Waals surface area contributed by atoms with Gasteiger partial charge in [-0.3, -0.25) is 28.8 Å². The number of aryl methyl sites for hydroxylation is 1. The summed E-state index contributed by atoms with van der Waals surface area (Å²) in [7, 11) is 1.48. The number of aromatic amines is 1. The molecule has 14 heteroatoms. The average Bonchev–Trinajstić information content (AvgIpc) is 3.82. The molecule has 0 fully saturated rings. The van der Waals surface area contributed by atoms with E-state index in [2.05, 4.69) is 15.3 Å². The molecule has 0 unspecified atom stereocenters. The molecule has 4 bridgehead atoms. The van der Waals surface area contributed by atoms with Gasteiger partial charge in [-0.15, -0.1) is 0 Å². The number of imidazole rings is 1. The molecule has 13 nitrogen and oxygen atoms in total. The smallest absolute Gasteiger partial charge is 0.226 e. The number of ketones is 4. The monoisotopic (exact) mass is 901 g/mol. The number of carbonyl (C=O) groups is 6. The fraction of sp³-hybridized carbons (Fsp3) is 0.353. The van der Waals surface area contributed by atoms with E-state index in [1.165, 1.54) is 42.5 Å². The quantitative estimate of drug-likeness (QED) is 0.0452. The van der Waals surface area contributed by atoms with Crippen molar-refractivity contribution in [2.75, 3.05) is 13.6 Å². The zero-order valence-corrected chi connectivity index (χ0v) is 37.6. The van der Waals surface area contributed by atoms with Crippen LogP contribution in [0.2, 0.25) is 5.02 Å². The number of phenolic OH excluding ortho intramolecular Hbond substituents is 2. The van der Waals surface area contributed by atoms with Gasteiger partial charge in [-0.25, -0.2) is 4.98 Å². The SMILES string of the molecule is C[C@H](CC(=O)[C@@H]1Cc2ccc(O)c(c2)-c2cc(ccc2O)[C@H](N(C)C(=O)[C@H](CCCCN)CC(=O)c2ccc(-c3ccc(Cl)cc3)cc2)C(=O)C[C@@H](C)C(=O)N1)C(=O)CCc1cnc[nH]1. The molecule has 4 aromatic carbocycles. The molecular formula is C51H56ClN5O8. The van der Waals surface area contributed by atoms with E-state index < -0.39 is 47.4 Å². The largest absolute Gasteiger partial charge is 0.507 e. The number of phenols is 2. The lowest BCUT2D eigenvalue weighted by Crippen LogP contribution is -2.46. The van der Waals surface area contributed by atoms with Gasteiger partial charge in [0.25, 0.3) is 0 Å². The molecule has 5 aromatic rings. The molecule has 1 aliphatic rings. The van der Waals surface area contributed by atoms with Crippen molar-refractivity contribution in [1.29, 1.82) is 0 Å². The maximum Gasteiger partial charge on any atom is 0.226 e. The molecule has 1 aliphatic heterocycles. The molecule has 2 amide bonds. The Labute approximate surface area is 383 Å². The lowest BCUT2D eigenvalue weighted by Gasteiger charge is -2.32. The van der Waals surface area contributed by atoms with Crippen LogP contribution in [0.25, 0.3) is 22.3 Å². The highest BCUT2D eigenvalue weighted by molar-refractivity contribution is 6.30. The summed E-state index contributed by atoms with van der Waals surface area (Å²) < 4.78 is 0. The second-order valence-electron chi connectivity index (χ2n) is 17.1. The summed E-state index contributed by atoms with van der Waals surface area (Å²) in [5.41, 5.74) is 10.1. The van der Waals surface area contributed by atoms with Gasteiger partial charge >= 0.3 is 0 Å². The number of aromatic hydroxyl groups is 2. The predicted molar refractivity (Wildman–Crippen MR) is 248 cm³/mol. The van der Waals surface area contributed by atoms with Crippen molar-refractivity contribution in [3.05, 3.63) is 125 Å². The van der Waals surface area contributed by atoms with Gasteiger partial charge in [0.15, 0.2) is 17.3 Å². The van der Waals surface area contributed by atoms with E-state index in [0.717, 1.165) is 16.8 Å². The van der Waals surface area contributed by atoms with Crippen LogP contribution in [-0.4, -0.2) is 79.7 Å². The highest BCUT2D eigenvalue weighted by Crippen LogP contribution is 2.40. The molecule has 1 aromatic heterocycles. The molecule has 0 radical (unpaired) electrons. The van der Waals surface area contributed by atoms with Crippen molar-refractivity contribution in [2.24, 2.45) is 23.5 Å². The summed E-state index contributed by atoms with van der Waals surface area (Å²) in [4.78, 5) is 92.4. The number of hydrogen-bond acceptors (Lipinski definition) is 10. The molecule has 6 rings (SSSR count). The first-order valence-electron chi connectivity index (χ1n) is 22.0.